The van der Waals surface area contributed by atoms with Gasteiger partial charge in [-0.2, -0.15) is 4.31 Å². The minimum absolute atomic E-state index is 0.0467. The molecule has 3 aromatic carbocycles. The van der Waals surface area contributed by atoms with Crippen LogP contribution in [0.1, 0.15) is 46.5 Å². The van der Waals surface area contributed by atoms with Gasteiger partial charge < -0.3 is 19.7 Å². The molecule has 3 fully saturated rings. The summed E-state index contributed by atoms with van der Waals surface area (Å²) in [6.45, 7) is 8.41. The van der Waals surface area contributed by atoms with E-state index in [9.17, 15) is 36.5 Å². The molecular weight excluding hydrogens is 841 g/mol. The van der Waals surface area contributed by atoms with Gasteiger partial charge in [0, 0.05) is 48.5 Å². The molecule has 1 aromatic heterocycles. The molecule has 2 saturated carbocycles. The molecule has 7 rings (SSSR count). The summed E-state index contributed by atoms with van der Waals surface area (Å²) >= 11 is 0. The number of aromatic nitrogens is 1. The quantitative estimate of drug-likeness (QED) is 0.0952. The van der Waals surface area contributed by atoms with Crippen molar-refractivity contribution in [2.24, 2.45) is 11.3 Å². The SMILES string of the molecule is C=CC1C[C@]1(NC(=O)C1CC(Oc2cc(-c3ccccc3)nc3cc(OC)ccc23)CN1C(=O)C(N(C)S(=O)(=O)c1ccccc1[N+](=O)[O-])C(C)(C)C)C(=O)NS(=O)(=O)C1CC1. The van der Waals surface area contributed by atoms with Gasteiger partial charge in [0.05, 0.1) is 35.0 Å². The molecule has 3 aliphatic rings. The highest BCUT2D eigenvalue weighted by Crippen LogP contribution is 2.46. The zero-order valence-electron chi connectivity index (χ0n) is 34.8. The maximum Gasteiger partial charge on any atom is 0.289 e. The number of nitrogens with one attached hydrogen (secondary N) is 2. The minimum Gasteiger partial charge on any atom is -0.497 e. The van der Waals surface area contributed by atoms with E-state index in [4.69, 9.17) is 14.5 Å². The van der Waals surface area contributed by atoms with Gasteiger partial charge in [0.15, 0.2) is 4.90 Å². The minimum atomic E-state index is -4.72. The highest BCUT2D eigenvalue weighted by atomic mass is 32.2. The summed E-state index contributed by atoms with van der Waals surface area (Å²) in [6.07, 6.45) is 1.27. The highest BCUT2D eigenvalue weighted by Gasteiger charge is 2.62. The predicted octanol–water partition coefficient (Wildman–Crippen LogP) is 4.57. The van der Waals surface area contributed by atoms with E-state index in [-0.39, 0.29) is 19.4 Å². The number of carbonyl (C=O) groups is 3. The van der Waals surface area contributed by atoms with Gasteiger partial charge in [-0.25, -0.2) is 21.8 Å². The number of nitro benzene ring substituents is 1. The van der Waals surface area contributed by atoms with Gasteiger partial charge >= 0.3 is 0 Å². The summed E-state index contributed by atoms with van der Waals surface area (Å²) in [7, 11) is -6.04. The largest absolute Gasteiger partial charge is 0.497 e. The van der Waals surface area contributed by atoms with Gasteiger partial charge in [0.2, 0.25) is 31.9 Å². The molecule has 0 bridgehead atoms. The summed E-state index contributed by atoms with van der Waals surface area (Å²) in [5, 5.41) is 14.6. The molecule has 17 nitrogen and oxygen atoms in total. The van der Waals surface area contributed by atoms with Crippen molar-refractivity contribution in [3.8, 4) is 22.8 Å². The number of ether oxygens (including phenoxy) is 2. The molecule has 0 radical (unpaired) electrons. The smallest absolute Gasteiger partial charge is 0.289 e. The first-order valence-electron chi connectivity index (χ1n) is 19.9. The van der Waals surface area contributed by atoms with E-state index in [1.54, 1.807) is 45.0 Å². The molecular formula is C43H48N6O11S2. The fraction of sp³-hybridized carbons (Fsp3) is 0.395. The van der Waals surface area contributed by atoms with Crippen LogP contribution in [0.25, 0.3) is 22.2 Å². The maximum atomic E-state index is 15.1. The molecule has 19 heteroatoms. The number of amides is 3. The van der Waals surface area contributed by atoms with E-state index < -0.39 is 93.6 Å². The van der Waals surface area contributed by atoms with Crippen LogP contribution in [-0.4, -0.2) is 103 Å². The Morgan fingerprint density at radius 3 is 2.32 bits per heavy atom. The van der Waals surface area contributed by atoms with Gasteiger partial charge in [-0.15, -0.1) is 6.58 Å². The molecule has 328 valence electrons. The number of benzene rings is 3. The summed E-state index contributed by atoms with van der Waals surface area (Å²) in [4.78, 5) is 60.0. The molecule has 1 saturated heterocycles. The number of rotatable bonds is 15. The van der Waals surface area contributed by atoms with Crippen molar-refractivity contribution in [1.29, 1.82) is 0 Å². The van der Waals surface area contributed by atoms with Crippen molar-refractivity contribution < 1.29 is 45.6 Å². The van der Waals surface area contributed by atoms with E-state index in [2.05, 4.69) is 16.6 Å². The number of para-hydroxylation sites is 1. The summed E-state index contributed by atoms with van der Waals surface area (Å²) in [5.74, 6) is -2.26. The first-order chi connectivity index (χ1) is 29.2. The molecule has 62 heavy (non-hydrogen) atoms. The van der Waals surface area contributed by atoms with E-state index in [0.29, 0.717) is 40.9 Å². The summed E-state index contributed by atoms with van der Waals surface area (Å²) < 4.78 is 69.2. The number of nitro groups is 1. The van der Waals surface area contributed by atoms with Crippen molar-refractivity contribution in [2.75, 3.05) is 20.7 Å². The third kappa shape index (κ3) is 8.48. The predicted molar refractivity (Wildman–Crippen MR) is 229 cm³/mol. The first kappa shape index (κ1) is 44.1. The number of hydrogen-bond acceptors (Lipinski definition) is 12. The van der Waals surface area contributed by atoms with Gasteiger partial charge in [-0.1, -0.05) is 69.3 Å². The lowest BCUT2D eigenvalue weighted by Crippen LogP contribution is -2.60. The van der Waals surface area contributed by atoms with Crippen molar-refractivity contribution in [2.45, 2.75) is 80.3 Å². The third-order valence-corrected chi connectivity index (χ3v) is 15.3. The standard InChI is InChI=1S/C43H48N6O11S2/c1-7-27-24-43(27,41(52)46-61(55,56)30-18-19-30)45-39(50)35-22-29(60-36-23-32(26-13-9-8-10-14-26)44-33-21-28(59-6)17-20-31(33)36)25-48(35)40(51)38(42(2,3)4)47(5)62(57,58)37-16-12-11-15-34(37)49(53)54/h7-17,20-21,23,27,29-30,35,38H,1,18-19,22,24-25H2,2-6H3,(H,45,50)(H,46,52)/t27?,29?,35?,38?,43-/m1/s1. The zero-order chi connectivity index (χ0) is 44.9. The maximum absolute atomic E-state index is 15.1. The number of likely N-dealkylation sites (N-methyl/N-ethyl adjacent to an activating group) is 1. The van der Waals surface area contributed by atoms with Crippen LogP contribution in [0.2, 0.25) is 0 Å². The number of methoxy groups -OCH3 is 1. The molecule has 2 aliphatic carbocycles. The number of nitrogens with zero attached hydrogens (tertiary/aromatic N) is 4. The topological polar surface area (TPSA) is 225 Å². The van der Waals surface area contributed by atoms with Crippen LogP contribution < -0.4 is 19.5 Å². The molecule has 4 unspecified atom stereocenters. The Hall–Kier alpha value is -5.92. The molecule has 0 spiro atoms. The van der Waals surface area contributed by atoms with Gasteiger partial charge in [-0.05, 0) is 42.9 Å². The Balaban J connectivity index is 1.27. The Kier molecular flexibility index (Phi) is 11.7. The number of sulfonamides is 2. The van der Waals surface area contributed by atoms with E-state index in [1.165, 1.54) is 30.2 Å². The second-order valence-corrected chi connectivity index (χ2v) is 20.9. The second kappa shape index (κ2) is 16.4. The van der Waals surface area contributed by atoms with Crippen molar-refractivity contribution in [3.05, 3.63) is 102 Å². The van der Waals surface area contributed by atoms with Crippen LogP contribution in [0.15, 0.2) is 96.4 Å². The molecule has 2 N–H and O–H groups in total. The van der Waals surface area contributed by atoms with Crippen LogP contribution in [0, 0.1) is 21.4 Å². The van der Waals surface area contributed by atoms with Crippen molar-refractivity contribution in [1.82, 2.24) is 24.2 Å². The molecule has 4 aromatic rings. The zero-order valence-corrected chi connectivity index (χ0v) is 36.4. The van der Waals surface area contributed by atoms with Crippen LogP contribution in [0.4, 0.5) is 5.69 Å². The Bertz CT molecular complexity index is 2690. The monoisotopic (exact) mass is 888 g/mol. The fourth-order valence-electron chi connectivity index (χ4n) is 8.08. The molecule has 1 aliphatic heterocycles. The van der Waals surface area contributed by atoms with Gasteiger partial charge in [-0.3, -0.25) is 29.2 Å². The van der Waals surface area contributed by atoms with Crippen LogP contribution in [0.3, 0.4) is 0 Å². The normalized spacial score (nSPS) is 21.8. The fourth-order valence-corrected chi connectivity index (χ4v) is 11.1. The van der Waals surface area contributed by atoms with E-state index >= 15 is 4.79 Å². The average Bonchev–Trinajstić information content (AvgIpc) is 4.17. The second-order valence-electron chi connectivity index (χ2n) is 16.9. The first-order valence-corrected chi connectivity index (χ1v) is 22.9. The Labute approximate surface area is 359 Å². The average molecular weight is 889 g/mol. The molecule has 2 heterocycles. The molecule has 3 amide bonds. The van der Waals surface area contributed by atoms with Crippen LogP contribution in [-0.2, 0) is 34.4 Å². The number of likely N-dealkylation sites (tertiary alicyclic amines) is 1. The number of pyridine rings is 1. The summed E-state index contributed by atoms with van der Waals surface area (Å²) in [5.41, 5.74) is -1.64. The number of fused-ring (bicyclic) bond motifs is 1. The van der Waals surface area contributed by atoms with Crippen molar-refractivity contribution in [3.63, 3.8) is 0 Å². The summed E-state index contributed by atoms with van der Waals surface area (Å²) in [6, 6.07) is 18.3. The van der Waals surface area contributed by atoms with Crippen LogP contribution in [0.5, 0.6) is 11.5 Å². The van der Waals surface area contributed by atoms with E-state index in [1.807, 2.05) is 30.3 Å². The van der Waals surface area contributed by atoms with Gasteiger partial charge in [0.1, 0.15) is 35.2 Å². The highest BCUT2D eigenvalue weighted by molar-refractivity contribution is 7.91. The van der Waals surface area contributed by atoms with Crippen LogP contribution >= 0.6 is 0 Å². The number of carbonyl (C=O) groups excluding carboxylic acids is 3. The molecule has 5 atom stereocenters. The Morgan fingerprint density at radius 2 is 1.71 bits per heavy atom. The lowest BCUT2D eigenvalue weighted by molar-refractivity contribution is -0.387. The Morgan fingerprint density at radius 1 is 1.03 bits per heavy atom. The van der Waals surface area contributed by atoms with Crippen molar-refractivity contribution >= 4 is 54.4 Å². The van der Waals surface area contributed by atoms with Gasteiger partial charge in [0.25, 0.3) is 11.6 Å². The lowest BCUT2D eigenvalue weighted by atomic mass is 9.85. The lowest BCUT2D eigenvalue weighted by Gasteiger charge is -2.39. The third-order valence-electron chi connectivity index (χ3n) is 11.6. The number of hydrogen-bond donors (Lipinski definition) is 2. The van der Waals surface area contributed by atoms with E-state index in [0.717, 1.165) is 29.0 Å².